The molecule has 2 aromatic carbocycles. The van der Waals surface area contributed by atoms with Gasteiger partial charge in [-0.05, 0) is 43.3 Å². The lowest BCUT2D eigenvalue weighted by atomic mass is 10.2. The van der Waals surface area contributed by atoms with E-state index in [9.17, 15) is 9.59 Å². The summed E-state index contributed by atoms with van der Waals surface area (Å²) >= 11 is 0. The van der Waals surface area contributed by atoms with Crippen LogP contribution in [0.15, 0.2) is 64.5 Å². The fraction of sp³-hybridized carbons (Fsp3) is 0.150. The van der Waals surface area contributed by atoms with E-state index in [0.29, 0.717) is 16.9 Å². The molecule has 0 aliphatic rings. The number of hydrazone groups is 1. The number of hydrogen-bond donors (Lipinski definition) is 1. The molecule has 1 aromatic heterocycles. The SMILES string of the molecule is COc1ccc(C(=O)N/N=C/c2c(C)n(C)n(-c3ccccc3)c2=O)cc1. The molecule has 0 aliphatic carbocycles. The number of rotatable bonds is 5. The Bertz CT molecular complexity index is 1030. The Hall–Kier alpha value is -3.61. The minimum atomic E-state index is -0.370. The van der Waals surface area contributed by atoms with Crippen LogP contribution in [0.1, 0.15) is 21.6 Å². The van der Waals surface area contributed by atoms with E-state index in [-0.39, 0.29) is 11.5 Å². The molecular weight excluding hydrogens is 344 g/mol. The van der Waals surface area contributed by atoms with Gasteiger partial charge in [0.2, 0.25) is 0 Å². The van der Waals surface area contributed by atoms with E-state index in [1.165, 1.54) is 6.21 Å². The lowest BCUT2D eigenvalue weighted by Gasteiger charge is -2.07. The Morgan fingerprint density at radius 3 is 2.41 bits per heavy atom. The van der Waals surface area contributed by atoms with Crippen molar-refractivity contribution in [2.24, 2.45) is 12.1 Å². The van der Waals surface area contributed by atoms with Crippen LogP contribution < -0.4 is 15.7 Å². The highest BCUT2D eigenvalue weighted by atomic mass is 16.5. The number of amides is 1. The largest absolute Gasteiger partial charge is 0.497 e. The molecule has 3 rings (SSSR count). The highest BCUT2D eigenvalue weighted by Gasteiger charge is 2.14. The summed E-state index contributed by atoms with van der Waals surface area (Å²) in [6.07, 6.45) is 1.37. The average Bonchev–Trinajstić information content (AvgIpc) is 2.91. The summed E-state index contributed by atoms with van der Waals surface area (Å²) in [6.45, 7) is 1.83. The second-order valence-corrected chi connectivity index (χ2v) is 5.90. The molecule has 0 saturated carbocycles. The molecule has 0 unspecified atom stereocenters. The van der Waals surface area contributed by atoms with E-state index in [1.54, 1.807) is 47.8 Å². The molecule has 27 heavy (non-hydrogen) atoms. The molecule has 3 aromatic rings. The molecule has 1 heterocycles. The maximum atomic E-state index is 12.8. The first-order valence-electron chi connectivity index (χ1n) is 8.34. The van der Waals surface area contributed by atoms with Gasteiger partial charge in [-0.25, -0.2) is 10.1 Å². The summed E-state index contributed by atoms with van der Waals surface area (Å²) in [7, 11) is 3.36. The van der Waals surface area contributed by atoms with Gasteiger partial charge in [0.1, 0.15) is 5.75 Å². The van der Waals surface area contributed by atoms with Crippen LogP contribution >= 0.6 is 0 Å². The van der Waals surface area contributed by atoms with Crippen molar-refractivity contribution in [2.75, 3.05) is 7.11 Å². The molecule has 0 saturated heterocycles. The van der Waals surface area contributed by atoms with Crippen LogP contribution in [-0.2, 0) is 7.05 Å². The molecule has 0 radical (unpaired) electrons. The third kappa shape index (κ3) is 3.67. The van der Waals surface area contributed by atoms with E-state index in [4.69, 9.17) is 4.74 Å². The molecule has 0 fully saturated rings. The topological polar surface area (TPSA) is 77.6 Å². The molecule has 1 N–H and O–H groups in total. The zero-order valence-electron chi connectivity index (χ0n) is 15.3. The minimum Gasteiger partial charge on any atom is -0.497 e. The van der Waals surface area contributed by atoms with Crippen molar-refractivity contribution in [3.05, 3.63) is 81.8 Å². The molecule has 138 valence electrons. The van der Waals surface area contributed by atoms with Gasteiger partial charge in [-0.15, -0.1) is 0 Å². The number of hydrogen-bond acceptors (Lipinski definition) is 4. The van der Waals surface area contributed by atoms with E-state index >= 15 is 0 Å². The predicted octanol–water partition coefficient (Wildman–Crippen LogP) is 2.26. The molecule has 7 nitrogen and oxygen atoms in total. The van der Waals surface area contributed by atoms with Crippen LogP contribution in [-0.4, -0.2) is 28.6 Å². The van der Waals surface area contributed by atoms with Gasteiger partial charge in [0.25, 0.3) is 11.5 Å². The summed E-state index contributed by atoms with van der Waals surface area (Å²) in [5.41, 5.74) is 4.59. The quantitative estimate of drug-likeness (QED) is 0.557. The Morgan fingerprint density at radius 2 is 1.78 bits per heavy atom. The summed E-state index contributed by atoms with van der Waals surface area (Å²) in [6, 6.07) is 16.0. The highest BCUT2D eigenvalue weighted by Crippen LogP contribution is 2.11. The van der Waals surface area contributed by atoms with Crippen molar-refractivity contribution in [2.45, 2.75) is 6.92 Å². The van der Waals surface area contributed by atoms with Crippen molar-refractivity contribution in [1.82, 2.24) is 14.8 Å². The fourth-order valence-corrected chi connectivity index (χ4v) is 2.70. The van der Waals surface area contributed by atoms with Gasteiger partial charge in [-0.2, -0.15) is 5.10 Å². The van der Waals surface area contributed by atoms with Crippen LogP contribution in [0.2, 0.25) is 0 Å². The number of ether oxygens (including phenoxy) is 1. The third-order valence-electron chi connectivity index (χ3n) is 4.31. The summed E-state index contributed by atoms with van der Waals surface area (Å²) in [5, 5.41) is 3.95. The van der Waals surface area contributed by atoms with Crippen molar-refractivity contribution in [3.63, 3.8) is 0 Å². The standard InChI is InChI=1S/C20H20N4O3/c1-14-18(20(26)24(23(14)2)16-7-5-4-6-8-16)13-21-22-19(25)15-9-11-17(27-3)12-10-15/h4-13H,1-3H3,(H,22,25)/b21-13+. The summed E-state index contributed by atoms with van der Waals surface area (Å²) < 4.78 is 8.38. The van der Waals surface area contributed by atoms with E-state index in [1.807, 2.05) is 37.3 Å². The van der Waals surface area contributed by atoms with Crippen LogP contribution in [0.25, 0.3) is 5.69 Å². The smallest absolute Gasteiger partial charge is 0.280 e. The lowest BCUT2D eigenvalue weighted by molar-refractivity contribution is 0.0955. The van der Waals surface area contributed by atoms with Crippen molar-refractivity contribution in [3.8, 4) is 11.4 Å². The first-order valence-corrected chi connectivity index (χ1v) is 8.34. The van der Waals surface area contributed by atoms with Crippen molar-refractivity contribution in [1.29, 1.82) is 0 Å². The monoisotopic (exact) mass is 364 g/mol. The molecule has 0 spiro atoms. The fourth-order valence-electron chi connectivity index (χ4n) is 2.70. The third-order valence-corrected chi connectivity index (χ3v) is 4.31. The Kier molecular flexibility index (Phi) is 5.21. The highest BCUT2D eigenvalue weighted by molar-refractivity contribution is 5.95. The van der Waals surface area contributed by atoms with Gasteiger partial charge in [-0.3, -0.25) is 14.3 Å². The second-order valence-electron chi connectivity index (χ2n) is 5.90. The Morgan fingerprint density at radius 1 is 1.11 bits per heavy atom. The molecule has 0 atom stereocenters. The zero-order valence-corrected chi connectivity index (χ0v) is 15.3. The molecule has 0 aliphatic heterocycles. The van der Waals surface area contributed by atoms with Gasteiger partial charge in [-0.1, -0.05) is 18.2 Å². The van der Waals surface area contributed by atoms with Gasteiger partial charge in [0, 0.05) is 18.3 Å². The number of benzene rings is 2. The summed E-state index contributed by atoms with van der Waals surface area (Å²) in [5.74, 6) is 0.294. The molecule has 7 heteroatoms. The Balaban J connectivity index is 1.81. The normalized spacial score (nSPS) is 10.9. The lowest BCUT2D eigenvalue weighted by Crippen LogP contribution is -2.21. The van der Waals surface area contributed by atoms with Gasteiger partial charge < -0.3 is 4.74 Å². The number of carbonyl (C=O) groups excluding carboxylic acids is 1. The summed E-state index contributed by atoms with van der Waals surface area (Å²) in [4.78, 5) is 24.9. The van der Waals surface area contributed by atoms with Crippen LogP contribution in [0.5, 0.6) is 5.75 Å². The first kappa shape index (κ1) is 18.2. The van der Waals surface area contributed by atoms with Crippen LogP contribution in [0, 0.1) is 6.92 Å². The average molecular weight is 364 g/mol. The number of nitrogens with zero attached hydrogens (tertiary/aromatic N) is 3. The Labute approximate surface area is 156 Å². The zero-order chi connectivity index (χ0) is 19.4. The number of nitrogens with one attached hydrogen (secondary N) is 1. The number of methoxy groups -OCH3 is 1. The van der Waals surface area contributed by atoms with Crippen molar-refractivity contribution >= 4 is 12.1 Å². The first-order chi connectivity index (χ1) is 13.0. The van der Waals surface area contributed by atoms with Crippen LogP contribution in [0.3, 0.4) is 0 Å². The molecular formula is C20H20N4O3. The minimum absolute atomic E-state index is 0.205. The van der Waals surface area contributed by atoms with Gasteiger partial charge in [0.05, 0.1) is 24.6 Å². The number of aromatic nitrogens is 2. The van der Waals surface area contributed by atoms with Gasteiger partial charge in [0.15, 0.2) is 0 Å². The van der Waals surface area contributed by atoms with E-state index in [2.05, 4.69) is 10.5 Å². The number of carbonyl (C=O) groups is 1. The van der Waals surface area contributed by atoms with Crippen LogP contribution in [0.4, 0.5) is 0 Å². The van der Waals surface area contributed by atoms with E-state index in [0.717, 1.165) is 11.4 Å². The number of para-hydroxylation sites is 1. The molecule has 0 bridgehead atoms. The predicted molar refractivity (Wildman–Crippen MR) is 104 cm³/mol. The maximum absolute atomic E-state index is 12.8. The second kappa shape index (κ2) is 7.74. The maximum Gasteiger partial charge on any atom is 0.280 e. The van der Waals surface area contributed by atoms with Crippen molar-refractivity contribution < 1.29 is 9.53 Å². The molecule has 1 amide bonds. The van der Waals surface area contributed by atoms with E-state index < -0.39 is 0 Å². The van der Waals surface area contributed by atoms with Gasteiger partial charge >= 0.3 is 0 Å².